The first-order valence-corrected chi connectivity index (χ1v) is 5.82. The predicted octanol–water partition coefficient (Wildman–Crippen LogP) is 2.53. The first-order valence-electron chi connectivity index (χ1n) is 5.44. The van der Waals surface area contributed by atoms with E-state index in [1.165, 1.54) is 0 Å². The van der Waals surface area contributed by atoms with Gasteiger partial charge < -0.3 is 5.11 Å². The van der Waals surface area contributed by atoms with Crippen molar-refractivity contribution in [2.45, 2.75) is 38.0 Å². The van der Waals surface area contributed by atoms with Gasteiger partial charge in [0.25, 0.3) is 0 Å². The molecule has 5 heteroatoms. The Bertz CT molecular complexity index is 424. The summed E-state index contributed by atoms with van der Waals surface area (Å²) in [5.74, 6) is -0.381. The largest absolute Gasteiger partial charge is 0.481 e. The van der Waals surface area contributed by atoms with Crippen molar-refractivity contribution in [2.24, 2.45) is 7.05 Å². The van der Waals surface area contributed by atoms with Gasteiger partial charge in [-0.05, 0) is 18.8 Å². The Hall–Kier alpha value is -1.03. The lowest BCUT2D eigenvalue weighted by molar-refractivity contribution is -0.137. The van der Waals surface area contributed by atoms with E-state index in [9.17, 15) is 4.79 Å². The quantitative estimate of drug-likeness (QED) is 0.883. The zero-order valence-electron chi connectivity index (χ0n) is 9.40. The number of carboxylic acid groups (broad SMARTS) is 1. The topological polar surface area (TPSA) is 55.1 Å². The summed E-state index contributed by atoms with van der Waals surface area (Å²) in [7, 11) is 1.80. The van der Waals surface area contributed by atoms with Crippen LogP contribution < -0.4 is 0 Å². The normalized spacial score (nSPS) is 17.4. The van der Waals surface area contributed by atoms with E-state index < -0.39 is 5.97 Å². The Morgan fingerprint density at radius 2 is 2.31 bits per heavy atom. The van der Waals surface area contributed by atoms with Crippen LogP contribution >= 0.6 is 11.6 Å². The zero-order chi connectivity index (χ0) is 11.9. The van der Waals surface area contributed by atoms with Gasteiger partial charge in [-0.25, -0.2) is 0 Å². The Morgan fingerprint density at radius 1 is 1.69 bits per heavy atom. The van der Waals surface area contributed by atoms with Crippen molar-refractivity contribution in [3.05, 3.63) is 16.4 Å². The molecule has 0 spiro atoms. The number of nitrogens with zero attached hydrogens (tertiary/aromatic N) is 2. The molecule has 0 saturated heterocycles. The molecule has 16 heavy (non-hydrogen) atoms. The zero-order valence-corrected chi connectivity index (χ0v) is 10.2. The molecular formula is C11H15ClN2O2. The molecule has 1 fully saturated rings. The first-order chi connectivity index (χ1) is 7.50. The molecule has 1 aliphatic rings. The van der Waals surface area contributed by atoms with Crippen molar-refractivity contribution < 1.29 is 9.90 Å². The third kappa shape index (κ3) is 2.07. The van der Waals surface area contributed by atoms with Crippen molar-refractivity contribution in [3.8, 4) is 0 Å². The molecule has 4 nitrogen and oxygen atoms in total. The van der Waals surface area contributed by atoms with Gasteiger partial charge in [0, 0.05) is 18.5 Å². The van der Waals surface area contributed by atoms with Gasteiger partial charge in [-0.2, -0.15) is 5.10 Å². The number of halogens is 1. The molecule has 1 heterocycles. The lowest BCUT2D eigenvalue weighted by Gasteiger charge is -2.09. The lowest BCUT2D eigenvalue weighted by Crippen LogP contribution is -2.04. The number of aliphatic carboxylic acids is 1. The molecule has 1 aliphatic carbocycles. The number of aryl methyl sites for hydroxylation is 1. The van der Waals surface area contributed by atoms with Gasteiger partial charge in [-0.3, -0.25) is 9.48 Å². The maximum absolute atomic E-state index is 10.7. The molecule has 1 N–H and O–H groups in total. The maximum atomic E-state index is 10.7. The smallest absolute Gasteiger partial charge is 0.303 e. The molecule has 0 radical (unpaired) electrons. The average molecular weight is 243 g/mol. The van der Waals surface area contributed by atoms with E-state index in [0.717, 1.165) is 24.1 Å². The molecule has 88 valence electrons. The van der Waals surface area contributed by atoms with Gasteiger partial charge in [-0.15, -0.1) is 0 Å². The van der Waals surface area contributed by atoms with E-state index >= 15 is 0 Å². The summed E-state index contributed by atoms with van der Waals surface area (Å²) < 4.78 is 1.64. The Kier molecular flexibility index (Phi) is 2.93. The van der Waals surface area contributed by atoms with E-state index in [0.29, 0.717) is 11.1 Å². The molecule has 1 unspecified atom stereocenters. The fraction of sp³-hybridized carbons (Fsp3) is 0.636. The molecule has 0 aromatic carbocycles. The van der Waals surface area contributed by atoms with E-state index in [1.54, 1.807) is 11.7 Å². The number of aromatic nitrogens is 2. The number of rotatable bonds is 4. The van der Waals surface area contributed by atoms with Gasteiger partial charge >= 0.3 is 5.97 Å². The average Bonchev–Trinajstić information content (AvgIpc) is 2.94. The van der Waals surface area contributed by atoms with Crippen LogP contribution in [-0.2, 0) is 11.8 Å². The molecule has 1 aromatic rings. The van der Waals surface area contributed by atoms with Gasteiger partial charge in [-0.1, -0.05) is 18.5 Å². The fourth-order valence-corrected chi connectivity index (χ4v) is 2.34. The van der Waals surface area contributed by atoms with Crippen LogP contribution in [0.25, 0.3) is 0 Å². The molecule has 1 saturated carbocycles. The van der Waals surface area contributed by atoms with Crippen LogP contribution in [0.5, 0.6) is 0 Å². The summed E-state index contributed by atoms with van der Waals surface area (Å²) in [6.45, 7) is 1.89. The third-order valence-electron chi connectivity index (χ3n) is 2.98. The van der Waals surface area contributed by atoms with Gasteiger partial charge in [0.05, 0.1) is 12.1 Å². The summed E-state index contributed by atoms with van der Waals surface area (Å²) in [5.41, 5.74) is 1.93. The standard InChI is InChI=1S/C11H15ClN2O2/c1-6(5-8(15)16)9-10(7-3-4-7)13-14(2)11(9)12/h6-7H,3-5H2,1-2H3,(H,15,16). The van der Waals surface area contributed by atoms with Crippen LogP contribution in [-0.4, -0.2) is 20.9 Å². The highest BCUT2D eigenvalue weighted by atomic mass is 35.5. The van der Waals surface area contributed by atoms with Crippen molar-refractivity contribution >= 4 is 17.6 Å². The van der Waals surface area contributed by atoms with Crippen molar-refractivity contribution in [1.29, 1.82) is 0 Å². The maximum Gasteiger partial charge on any atom is 0.303 e. The van der Waals surface area contributed by atoms with Gasteiger partial charge in [0.15, 0.2) is 0 Å². The van der Waals surface area contributed by atoms with Crippen LogP contribution in [0, 0.1) is 0 Å². The summed E-state index contributed by atoms with van der Waals surface area (Å²) in [6.07, 6.45) is 2.38. The van der Waals surface area contributed by atoms with Crippen LogP contribution in [0.1, 0.15) is 49.3 Å². The van der Waals surface area contributed by atoms with E-state index in [2.05, 4.69) is 5.10 Å². The first kappa shape index (κ1) is 11.5. The minimum Gasteiger partial charge on any atom is -0.481 e. The fourth-order valence-electron chi connectivity index (χ4n) is 2.02. The minimum atomic E-state index is -0.797. The number of carboxylic acids is 1. The molecule has 0 amide bonds. The highest BCUT2D eigenvalue weighted by Crippen LogP contribution is 2.45. The molecule has 1 aromatic heterocycles. The number of carbonyl (C=O) groups is 1. The molecule has 1 atom stereocenters. The second-order valence-electron chi connectivity index (χ2n) is 4.49. The Morgan fingerprint density at radius 3 is 2.81 bits per heavy atom. The summed E-state index contributed by atoms with van der Waals surface area (Å²) in [6, 6.07) is 0. The highest BCUT2D eigenvalue weighted by molar-refractivity contribution is 6.30. The minimum absolute atomic E-state index is 0.0747. The summed E-state index contributed by atoms with van der Waals surface area (Å²) in [5, 5.41) is 13.8. The van der Waals surface area contributed by atoms with E-state index in [-0.39, 0.29) is 12.3 Å². The van der Waals surface area contributed by atoms with E-state index in [1.807, 2.05) is 6.92 Å². The monoisotopic (exact) mass is 242 g/mol. The second kappa shape index (κ2) is 4.09. The van der Waals surface area contributed by atoms with Gasteiger partial charge in [0.1, 0.15) is 5.15 Å². The van der Waals surface area contributed by atoms with Crippen molar-refractivity contribution in [3.63, 3.8) is 0 Å². The SMILES string of the molecule is CC(CC(=O)O)c1c(C2CC2)nn(C)c1Cl. The molecule has 0 aliphatic heterocycles. The van der Waals surface area contributed by atoms with E-state index in [4.69, 9.17) is 16.7 Å². The molecular weight excluding hydrogens is 228 g/mol. The summed E-state index contributed by atoms with van der Waals surface area (Å²) in [4.78, 5) is 10.7. The highest BCUT2D eigenvalue weighted by Gasteiger charge is 2.33. The van der Waals surface area contributed by atoms with Crippen LogP contribution in [0.3, 0.4) is 0 Å². The molecule has 2 rings (SSSR count). The Balaban J connectivity index is 2.33. The van der Waals surface area contributed by atoms with Crippen molar-refractivity contribution in [1.82, 2.24) is 9.78 Å². The molecule has 0 bridgehead atoms. The third-order valence-corrected chi connectivity index (χ3v) is 3.43. The summed E-state index contributed by atoms with van der Waals surface area (Å²) >= 11 is 6.17. The van der Waals surface area contributed by atoms with Crippen LogP contribution in [0.2, 0.25) is 5.15 Å². The van der Waals surface area contributed by atoms with Crippen LogP contribution in [0.4, 0.5) is 0 Å². The Labute approximate surface area is 99.2 Å². The predicted molar refractivity (Wildman–Crippen MR) is 60.9 cm³/mol. The second-order valence-corrected chi connectivity index (χ2v) is 4.84. The van der Waals surface area contributed by atoms with Crippen LogP contribution in [0.15, 0.2) is 0 Å². The van der Waals surface area contributed by atoms with Gasteiger partial charge in [0.2, 0.25) is 0 Å². The number of hydrogen-bond donors (Lipinski definition) is 1. The van der Waals surface area contributed by atoms with Crippen molar-refractivity contribution in [2.75, 3.05) is 0 Å². The lowest BCUT2D eigenvalue weighted by atomic mass is 9.97. The number of hydrogen-bond acceptors (Lipinski definition) is 2.